The maximum atomic E-state index is 13.1. The van der Waals surface area contributed by atoms with Crippen LogP contribution >= 0.6 is 0 Å². The number of Topliss-reactive ketones (excluding diaryl/α,β-unsaturated/α-hetero) is 1. The van der Waals surface area contributed by atoms with Crippen LogP contribution in [0.4, 0.5) is 8.78 Å². The first kappa shape index (κ1) is 13.8. The van der Waals surface area contributed by atoms with Gasteiger partial charge in [-0.05, 0) is 12.1 Å². The number of carbonyl (C=O) groups excluding carboxylic acids is 1. The van der Waals surface area contributed by atoms with E-state index in [9.17, 15) is 13.6 Å². The van der Waals surface area contributed by atoms with Crippen molar-refractivity contribution in [2.75, 3.05) is 13.1 Å². The number of nitrogens with zero attached hydrogens (tertiary/aromatic N) is 4. The van der Waals surface area contributed by atoms with E-state index in [0.29, 0.717) is 13.1 Å². The van der Waals surface area contributed by atoms with Crippen LogP contribution in [0.25, 0.3) is 0 Å². The summed E-state index contributed by atoms with van der Waals surface area (Å²) in [5.74, 6) is -0.861. The SMILES string of the molecule is O=C(CCN1CCn2cnnc2C1)c1cc(F)cc(F)c1. The van der Waals surface area contributed by atoms with Crippen LogP contribution in [0.2, 0.25) is 0 Å². The molecule has 1 aliphatic rings. The van der Waals surface area contributed by atoms with Crippen molar-refractivity contribution in [3.05, 3.63) is 47.5 Å². The van der Waals surface area contributed by atoms with Gasteiger partial charge < -0.3 is 4.57 Å². The summed E-state index contributed by atoms with van der Waals surface area (Å²) in [6, 6.07) is 2.89. The van der Waals surface area contributed by atoms with Gasteiger partial charge in [-0.15, -0.1) is 10.2 Å². The number of hydrogen-bond donors (Lipinski definition) is 0. The summed E-state index contributed by atoms with van der Waals surface area (Å²) >= 11 is 0. The van der Waals surface area contributed by atoms with E-state index in [1.54, 1.807) is 6.33 Å². The molecule has 3 rings (SSSR count). The first-order valence-electron chi connectivity index (χ1n) is 6.70. The average molecular weight is 292 g/mol. The van der Waals surface area contributed by atoms with E-state index in [4.69, 9.17) is 0 Å². The lowest BCUT2D eigenvalue weighted by molar-refractivity contribution is 0.0954. The normalized spacial score (nSPS) is 15.0. The molecule has 0 aliphatic carbocycles. The Bertz CT molecular complexity index is 650. The average Bonchev–Trinajstić information content (AvgIpc) is 2.91. The Morgan fingerprint density at radius 1 is 1.19 bits per heavy atom. The summed E-state index contributed by atoms with van der Waals surface area (Å²) in [4.78, 5) is 14.1. The molecule has 1 aromatic carbocycles. The number of hydrogen-bond acceptors (Lipinski definition) is 4. The van der Waals surface area contributed by atoms with Crippen LogP contribution in [0.1, 0.15) is 22.6 Å². The summed E-state index contributed by atoms with van der Waals surface area (Å²) in [5.41, 5.74) is 0.0766. The standard InChI is InChI=1S/C14H14F2N4O/c15-11-5-10(6-12(16)7-11)13(21)1-2-19-3-4-20-9-17-18-14(20)8-19/h5-7,9H,1-4,8H2. The van der Waals surface area contributed by atoms with E-state index in [0.717, 1.165) is 37.1 Å². The van der Waals surface area contributed by atoms with E-state index < -0.39 is 11.6 Å². The van der Waals surface area contributed by atoms with Gasteiger partial charge in [0.2, 0.25) is 0 Å². The molecule has 21 heavy (non-hydrogen) atoms. The van der Waals surface area contributed by atoms with Gasteiger partial charge in [-0.3, -0.25) is 9.69 Å². The maximum Gasteiger partial charge on any atom is 0.164 e. The Hall–Kier alpha value is -2.15. The summed E-state index contributed by atoms with van der Waals surface area (Å²) in [5, 5.41) is 7.84. The molecule has 0 saturated heterocycles. The monoisotopic (exact) mass is 292 g/mol. The van der Waals surface area contributed by atoms with Gasteiger partial charge in [0, 0.05) is 37.7 Å². The molecule has 1 aliphatic heterocycles. The first-order valence-corrected chi connectivity index (χ1v) is 6.70. The lowest BCUT2D eigenvalue weighted by Crippen LogP contribution is -2.35. The van der Waals surface area contributed by atoms with E-state index in [1.807, 2.05) is 4.57 Å². The molecule has 1 aromatic heterocycles. The predicted molar refractivity (Wildman–Crippen MR) is 70.6 cm³/mol. The van der Waals surface area contributed by atoms with Gasteiger partial charge in [0.05, 0.1) is 6.54 Å². The van der Waals surface area contributed by atoms with E-state index in [2.05, 4.69) is 15.1 Å². The molecule has 0 radical (unpaired) electrons. The summed E-state index contributed by atoms with van der Waals surface area (Å²) in [7, 11) is 0. The largest absolute Gasteiger partial charge is 0.315 e. The lowest BCUT2D eigenvalue weighted by Gasteiger charge is -2.26. The van der Waals surface area contributed by atoms with Gasteiger partial charge in [-0.2, -0.15) is 0 Å². The summed E-state index contributed by atoms with van der Waals surface area (Å²) in [6.07, 6.45) is 1.91. The number of rotatable bonds is 4. The molecule has 7 heteroatoms. The van der Waals surface area contributed by atoms with Crippen LogP contribution in [0.15, 0.2) is 24.5 Å². The number of benzene rings is 1. The highest BCUT2D eigenvalue weighted by Gasteiger charge is 2.18. The Kier molecular flexibility index (Phi) is 3.74. The van der Waals surface area contributed by atoms with Crippen molar-refractivity contribution < 1.29 is 13.6 Å². The van der Waals surface area contributed by atoms with Crippen molar-refractivity contribution >= 4 is 5.78 Å². The molecule has 2 aromatic rings. The van der Waals surface area contributed by atoms with Crippen molar-refractivity contribution in [2.24, 2.45) is 0 Å². The summed E-state index contributed by atoms with van der Waals surface area (Å²) in [6.45, 7) is 2.75. The third-order valence-electron chi connectivity index (χ3n) is 3.56. The number of halogens is 2. The molecule has 0 atom stereocenters. The second-order valence-corrected chi connectivity index (χ2v) is 5.05. The number of aromatic nitrogens is 3. The molecule has 0 spiro atoms. The second-order valence-electron chi connectivity index (χ2n) is 5.05. The van der Waals surface area contributed by atoms with Crippen molar-refractivity contribution in [2.45, 2.75) is 19.5 Å². The van der Waals surface area contributed by atoms with Crippen LogP contribution in [-0.2, 0) is 13.1 Å². The predicted octanol–water partition coefficient (Wildman–Crippen LogP) is 1.64. The molecule has 0 unspecified atom stereocenters. The molecule has 5 nitrogen and oxygen atoms in total. The third-order valence-corrected chi connectivity index (χ3v) is 3.56. The van der Waals surface area contributed by atoms with Crippen LogP contribution in [0, 0.1) is 11.6 Å². The van der Waals surface area contributed by atoms with Gasteiger partial charge in [-0.25, -0.2) is 8.78 Å². The highest BCUT2D eigenvalue weighted by Crippen LogP contribution is 2.13. The zero-order valence-electron chi connectivity index (χ0n) is 11.3. The molecule has 2 heterocycles. The van der Waals surface area contributed by atoms with E-state index in [-0.39, 0.29) is 17.8 Å². The molecule has 0 N–H and O–H groups in total. The number of ketones is 1. The Morgan fingerprint density at radius 2 is 1.95 bits per heavy atom. The zero-order chi connectivity index (χ0) is 14.8. The minimum Gasteiger partial charge on any atom is -0.315 e. The topological polar surface area (TPSA) is 51.0 Å². The third kappa shape index (κ3) is 3.13. The molecular formula is C14H14F2N4O. The van der Waals surface area contributed by atoms with Gasteiger partial charge in [0.1, 0.15) is 23.8 Å². The molecule has 0 amide bonds. The van der Waals surface area contributed by atoms with Gasteiger partial charge in [-0.1, -0.05) is 0 Å². The van der Waals surface area contributed by atoms with Crippen LogP contribution < -0.4 is 0 Å². The van der Waals surface area contributed by atoms with Crippen molar-refractivity contribution in [1.29, 1.82) is 0 Å². The first-order chi connectivity index (χ1) is 10.1. The fourth-order valence-electron chi connectivity index (χ4n) is 2.43. The quantitative estimate of drug-likeness (QED) is 0.804. The van der Waals surface area contributed by atoms with Crippen molar-refractivity contribution in [1.82, 2.24) is 19.7 Å². The lowest BCUT2D eigenvalue weighted by atomic mass is 10.1. The van der Waals surface area contributed by atoms with E-state index >= 15 is 0 Å². The summed E-state index contributed by atoms with van der Waals surface area (Å²) < 4.78 is 28.2. The van der Waals surface area contributed by atoms with Crippen LogP contribution in [0.5, 0.6) is 0 Å². The maximum absolute atomic E-state index is 13.1. The highest BCUT2D eigenvalue weighted by atomic mass is 19.1. The number of fused-ring (bicyclic) bond motifs is 1. The molecule has 0 saturated carbocycles. The molecule has 0 fully saturated rings. The highest BCUT2D eigenvalue weighted by molar-refractivity contribution is 5.96. The van der Waals surface area contributed by atoms with E-state index in [1.165, 1.54) is 0 Å². The Labute approximate surface area is 120 Å². The fraction of sp³-hybridized carbons (Fsp3) is 0.357. The second kappa shape index (κ2) is 5.69. The molecule has 110 valence electrons. The van der Waals surface area contributed by atoms with Gasteiger partial charge in [0.15, 0.2) is 5.78 Å². The van der Waals surface area contributed by atoms with Gasteiger partial charge in [0.25, 0.3) is 0 Å². The Balaban J connectivity index is 1.59. The van der Waals surface area contributed by atoms with Crippen molar-refractivity contribution in [3.63, 3.8) is 0 Å². The van der Waals surface area contributed by atoms with Crippen LogP contribution in [-0.4, -0.2) is 38.5 Å². The minimum absolute atomic E-state index is 0.0766. The molecular weight excluding hydrogens is 278 g/mol. The minimum atomic E-state index is -0.732. The van der Waals surface area contributed by atoms with Crippen molar-refractivity contribution in [3.8, 4) is 0 Å². The van der Waals surface area contributed by atoms with Gasteiger partial charge >= 0.3 is 0 Å². The molecule has 0 bridgehead atoms. The number of carbonyl (C=O) groups is 1. The zero-order valence-corrected chi connectivity index (χ0v) is 11.3. The smallest absolute Gasteiger partial charge is 0.164 e. The van der Waals surface area contributed by atoms with Crippen LogP contribution in [0.3, 0.4) is 0 Å². The fourth-order valence-corrected chi connectivity index (χ4v) is 2.43. The Morgan fingerprint density at radius 3 is 2.71 bits per heavy atom.